The van der Waals surface area contributed by atoms with Crippen LogP contribution in [0.2, 0.25) is 0 Å². The normalized spacial score (nSPS) is 19.0. The predicted octanol–water partition coefficient (Wildman–Crippen LogP) is 29.3. The van der Waals surface area contributed by atoms with Gasteiger partial charge in [0, 0.05) is 17.5 Å². The van der Waals surface area contributed by atoms with E-state index in [1.807, 2.05) is 0 Å². The average molecular weight is 1240 g/mol. The van der Waals surface area contributed by atoms with Gasteiger partial charge < -0.3 is 4.74 Å². The summed E-state index contributed by atoms with van der Waals surface area (Å²) in [4.78, 5) is 16.7. The molecule has 0 amide bonds. The Morgan fingerprint density at radius 2 is 0.351 bits per heavy atom. The molecule has 0 bridgehead atoms. The van der Waals surface area contributed by atoms with Gasteiger partial charge in [-0.25, -0.2) is 0 Å². The van der Waals surface area contributed by atoms with Crippen molar-refractivity contribution in [2.24, 2.45) is 0 Å². The summed E-state index contributed by atoms with van der Waals surface area (Å²) in [5, 5.41) is 87.0. The highest BCUT2D eigenvalue weighted by atomic mass is 16.6. The molecule has 462 valence electrons. The van der Waals surface area contributed by atoms with Crippen molar-refractivity contribution in [3.63, 3.8) is 0 Å². The number of rotatable bonds is 33. The number of hydrogen-bond donors (Lipinski definition) is 0. The minimum absolute atomic E-state index is 0.0723. The molecule has 0 N–H and O–H groups in total. The van der Waals surface area contributed by atoms with Crippen molar-refractivity contribution in [2.75, 3.05) is 0 Å². The van der Waals surface area contributed by atoms with E-state index >= 15 is 4.79 Å². The van der Waals surface area contributed by atoms with Gasteiger partial charge in [-0.2, -0.15) is 0 Å². The first-order chi connectivity index (χ1) is 48.3. The monoisotopic (exact) mass is 1240 g/mol. The van der Waals surface area contributed by atoms with E-state index in [-0.39, 0.29) is 5.97 Å². The van der Waals surface area contributed by atoms with Crippen LogP contribution >= 0.6 is 0 Å². The zero-order valence-corrected chi connectivity index (χ0v) is 55.9. The molecule has 0 saturated carbocycles. The second-order valence-electron chi connectivity index (χ2n) is 35.2. The van der Waals surface area contributed by atoms with Crippen LogP contribution in [0.3, 0.4) is 0 Å². The van der Waals surface area contributed by atoms with Crippen LogP contribution in [0.15, 0.2) is 0 Å². The summed E-state index contributed by atoms with van der Waals surface area (Å²) in [7, 11) is 0. The minimum Gasteiger partial charge on any atom is -0.448 e. The maximum atomic E-state index is 16.7. The Hall–Kier alpha value is -8.07. The number of hydrogen-bond acceptors (Lipinski definition) is 2. The first-order valence-electron chi connectivity index (χ1n) is 40.2. The molecular formula is C95H70O2. The van der Waals surface area contributed by atoms with Crippen LogP contribution < -0.4 is 0 Å². The van der Waals surface area contributed by atoms with Gasteiger partial charge in [-0.05, 0) is 315 Å². The molecular weight excluding hydrogens is 1170 g/mol. The molecule has 0 spiro atoms. The van der Waals surface area contributed by atoms with E-state index in [4.69, 9.17) is 4.74 Å². The summed E-state index contributed by atoms with van der Waals surface area (Å²) in [5.74, 6) is 0.0723. The summed E-state index contributed by atoms with van der Waals surface area (Å²) in [5.41, 5.74) is 4.61. The number of esters is 1. The van der Waals surface area contributed by atoms with Gasteiger partial charge in [-0.1, -0.05) is 200 Å². The fourth-order valence-corrected chi connectivity index (χ4v) is 29.6. The molecule has 4 aliphatic rings. The predicted molar refractivity (Wildman–Crippen MR) is 419 cm³/mol. The van der Waals surface area contributed by atoms with Crippen LogP contribution in [0.1, 0.15) is 242 Å². The molecule has 28 aromatic carbocycles. The van der Waals surface area contributed by atoms with Crippen molar-refractivity contribution in [1.82, 2.24) is 0 Å². The third-order valence-electron chi connectivity index (χ3n) is 31.8. The van der Waals surface area contributed by atoms with Gasteiger partial charge >= 0.3 is 5.97 Å². The molecule has 4 aliphatic carbocycles. The Bertz CT molecular complexity index is 7470. The summed E-state index contributed by atoms with van der Waals surface area (Å²) in [6.45, 7) is 4.66. The Morgan fingerprint density at radius 1 is 0.196 bits per heavy atom. The second kappa shape index (κ2) is 14.5. The highest BCUT2D eigenvalue weighted by molar-refractivity contribution is 6.82. The lowest BCUT2D eigenvalue weighted by atomic mass is 9.52. The topological polar surface area (TPSA) is 26.3 Å². The lowest BCUT2D eigenvalue weighted by Gasteiger charge is -2.53. The Morgan fingerprint density at radius 3 is 0.546 bits per heavy atom. The van der Waals surface area contributed by atoms with Crippen molar-refractivity contribution in [3.8, 4) is 0 Å². The van der Waals surface area contributed by atoms with Crippen LogP contribution in [0.4, 0.5) is 0 Å². The zero-order valence-electron chi connectivity index (χ0n) is 55.9. The van der Waals surface area contributed by atoms with E-state index in [9.17, 15) is 0 Å². The van der Waals surface area contributed by atoms with Crippen molar-refractivity contribution in [3.05, 3.63) is 22.3 Å². The smallest absolute Gasteiger partial charge is 0.307 e. The van der Waals surface area contributed by atoms with Crippen molar-refractivity contribution >= 4 is 297 Å². The van der Waals surface area contributed by atoms with Crippen LogP contribution in [0.25, 0.3) is 291 Å². The lowest BCUT2D eigenvalue weighted by molar-refractivity contribution is -0.162. The van der Waals surface area contributed by atoms with Gasteiger partial charge in [0.05, 0.1) is 5.41 Å². The molecule has 2 nitrogen and oxygen atoms in total. The Labute approximate surface area is 555 Å². The summed E-state index contributed by atoms with van der Waals surface area (Å²) in [6, 6.07) is 0. The SMILES string of the molecule is CCCCCCCCCCCCCCCCCC(=O)OC12c3c4c5c6c7c8c(c9c%10c1c1c3c3c%11c4c4c5c5c7c7c%12c8c8c9c9c%10c%10c1c1c3c3c%11c%11c4c4c5c7c5c7c%12c8c8c9c9c%10c1c1c3c3c%11c4c5c4c7c8c9c1c34)C62CCCCCCCCCCCCCCCCC. The molecule has 32 rings (SSSR count). The molecule has 0 unspecified atom stereocenters. The van der Waals surface area contributed by atoms with Crippen LogP contribution in [-0.4, -0.2) is 5.97 Å². The maximum absolute atomic E-state index is 16.7. The van der Waals surface area contributed by atoms with E-state index in [0.717, 1.165) is 25.7 Å². The van der Waals surface area contributed by atoms with Crippen molar-refractivity contribution < 1.29 is 9.53 Å². The molecule has 0 atom stereocenters. The number of carbonyl (C=O) groups excluding carboxylic acids is 1. The average Bonchev–Trinajstić information content (AvgIpc) is 1.38. The molecule has 0 aromatic heterocycles. The highest BCUT2D eigenvalue weighted by Gasteiger charge is 2.72. The number of carbonyl (C=O) groups is 1. The van der Waals surface area contributed by atoms with Crippen LogP contribution in [0, 0.1) is 0 Å². The zero-order chi connectivity index (χ0) is 61.4. The number of benzene rings is 18. The third-order valence-corrected chi connectivity index (χ3v) is 31.8. The first-order valence-corrected chi connectivity index (χ1v) is 40.2. The molecule has 0 heterocycles. The van der Waals surface area contributed by atoms with E-state index in [1.54, 1.807) is 280 Å². The second-order valence-corrected chi connectivity index (χ2v) is 35.2. The van der Waals surface area contributed by atoms with Gasteiger partial charge in [0.15, 0.2) is 5.60 Å². The van der Waals surface area contributed by atoms with Crippen molar-refractivity contribution in [1.29, 1.82) is 0 Å². The molecule has 0 radical (unpaired) electrons. The largest absolute Gasteiger partial charge is 0.448 e. The van der Waals surface area contributed by atoms with E-state index < -0.39 is 11.0 Å². The fourth-order valence-electron chi connectivity index (χ4n) is 29.6. The van der Waals surface area contributed by atoms with E-state index in [1.165, 1.54) is 206 Å². The van der Waals surface area contributed by atoms with Gasteiger partial charge in [0.1, 0.15) is 0 Å². The number of ether oxygens (including phenoxy) is 1. The summed E-state index contributed by atoms with van der Waals surface area (Å²) >= 11 is 0. The van der Waals surface area contributed by atoms with Gasteiger partial charge in [-0.3, -0.25) is 4.79 Å². The van der Waals surface area contributed by atoms with Crippen LogP contribution in [0.5, 0.6) is 0 Å². The maximum Gasteiger partial charge on any atom is 0.307 e. The summed E-state index contributed by atoms with van der Waals surface area (Å²) < 4.78 is 8.64. The lowest BCUT2D eigenvalue weighted by Crippen LogP contribution is -2.54. The molecule has 0 aliphatic heterocycles. The van der Waals surface area contributed by atoms with E-state index in [2.05, 4.69) is 13.8 Å². The minimum atomic E-state index is -0.999. The third kappa shape index (κ3) is 3.96. The molecule has 2 heteroatoms. The summed E-state index contributed by atoms with van der Waals surface area (Å²) in [6.07, 6.45) is 41.7. The molecule has 97 heavy (non-hydrogen) atoms. The molecule has 28 aromatic rings. The standard InChI is InChI=1S/C95H70O2/c1-3-5-7-9-11-13-15-17-19-21-23-25-27-29-31-33-35(96)97-95-92-86-80-70-58-50-42-38-36-37-40-44(42)52(58)62-56-48(40)49-41(37)45-43-39(36)47-46(38)54-60(50)68-74-64(54)65-55(47)61-51(43)59-53(45)63-57(49)67-66(56)78(72(62)80)88(92)89-79(67)73(63)81-71(59)77-69(61)75(65)83-82(74)90(84(86)76(68)70)94(95,91(83)85(77)87(81)93(89)95)34-32-30-28-26-24-22-20-18-16-14-12-10-8-6-4-2/h3-34H2,1-2H3. The number of unbranched alkanes of at least 4 members (excludes halogenated alkanes) is 28. The van der Waals surface area contributed by atoms with E-state index in [0.29, 0.717) is 6.42 Å². The highest BCUT2D eigenvalue weighted by Crippen LogP contribution is 2.85. The molecule has 0 fully saturated rings. The van der Waals surface area contributed by atoms with Gasteiger partial charge in [0.2, 0.25) is 0 Å². The van der Waals surface area contributed by atoms with Crippen LogP contribution in [-0.2, 0) is 20.5 Å². The van der Waals surface area contributed by atoms with Gasteiger partial charge in [0.25, 0.3) is 0 Å². The van der Waals surface area contributed by atoms with Crippen molar-refractivity contribution in [2.45, 2.75) is 230 Å². The fraction of sp³-hybridized carbons (Fsp3) is 0.379. The molecule has 0 saturated heterocycles. The Balaban J connectivity index is 0.679. The first kappa shape index (κ1) is 48.6. The Kier molecular flexibility index (Phi) is 7.28. The quantitative estimate of drug-likeness (QED) is 0.0233. The van der Waals surface area contributed by atoms with Gasteiger partial charge in [-0.15, -0.1) is 0 Å².